The Hall–Kier alpha value is -1.84. The van der Waals surface area contributed by atoms with E-state index in [1.54, 1.807) is 10.9 Å². The Morgan fingerprint density at radius 1 is 1.41 bits per heavy atom. The lowest BCUT2D eigenvalue weighted by molar-refractivity contribution is 0.786. The van der Waals surface area contributed by atoms with Crippen LogP contribution in [0, 0.1) is 0 Å². The molecule has 90 valence electrons. The number of pyridine rings is 2. The van der Waals surface area contributed by atoms with E-state index >= 15 is 0 Å². The summed E-state index contributed by atoms with van der Waals surface area (Å²) in [6.45, 7) is 4.82. The van der Waals surface area contributed by atoms with Crippen molar-refractivity contribution in [1.29, 1.82) is 0 Å². The fraction of sp³-hybridized carbons (Fsp3) is 0.385. The first kappa shape index (κ1) is 11.6. The average Bonchev–Trinajstić information content (AvgIpc) is 2.37. The molecule has 0 saturated heterocycles. The maximum Gasteiger partial charge on any atom is 0.273 e. The van der Waals surface area contributed by atoms with Gasteiger partial charge in [0, 0.05) is 23.7 Å². The van der Waals surface area contributed by atoms with Crippen LogP contribution in [0.4, 0.5) is 0 Å². The number of aromatic nitrogens is 2. The molecule has 2 rings (SSSR count). The van der Waals surface area contributed by atoms with E-state index in [-0.39, 0.29) is 5.56 Å². The summed E-state index contributed by atoms with van der Waals surface area (Å²) in [5.41, 5.74) is 4.64. The highest BCUT2D eigenvalue weighted by molar-refractivity contribution is 5.75. The number of nitrogens with one attached hydrogen (secondary N) is 1. The van der Waals surface area contributed by atoms with E-state index in [0.29, 0.717) is 5.65 Å². The Balaban J connectivity index is 2.66. The van der Waals surface area contributed by atoms with Gasteiger partial charge in [-0.05, 0) is 31.0 Å². The number of rotatable bonds is 4. The molecular formula is C13H17N3O. The standard InChI is InChI=1S/C13H17N3O/c1-3-7-15-16-12-11(6-5-8-14-12)9-10(4-2)13(16)17/h5-6,8-9,15H,3-4,7H2,1-2H3. The second kappa shape index (κ2) is 4.99. The topological polar surface area (TPSA) is 46.9 Å². The summed E-state index contributed by atoms with van der Waals surface area (Å²) in [7, 11) is 0. The number of fused-ring (bicyclic) bond motifs is 1. The van der Waals surface area contributed by atoms with Crippen LogP contribution in [0.3, 0.4) is 0 Å². The predicted octanol–water partition coefficient (Wildman–Crippen LogP) is 1.91. The summed E-state index contributed by atoms with van der Waals surface area (Å²) in [5, 5.41) is 0.993. The molecular weight excluding hydrogens is 214 g/mol. The second-order valence-corrected chi connectivity index (χ2v) is 3.99. The molecule has 2 heterocycles. The highest BCUT2D eigenvalue weighted by Gasteiger charge is 2.07. The van der Waals surface area contributed by atoms with Gasteiger partial charge in [-0.3, -0.25) is 4.79 Å². The zero-order valence-electron chi connectivity index (χ0n) is 10.2. The van der Waals surface area contributed by atoms with Crippen LogP contribution in [0.15, 0.2) is 29.2 Å². The van der Waals surface area contributed by atoms with E-state index in [1.165, 1.54) is 0 Å². The van der Waals surface area contributed by atoms with Crippen LogP contribution in [-0.4, -0.2) is 16.2 Å². The SMILES string of the molecule is CCCNn1c(=O)c(CC)cc2cccnc21. The van der Waals surface area contributed by atoms with Crippen molar-refractivity contribution in [2.45, 2.75) is 26.7 Å². The highest BCUT2D eigenvalue weighted by Crippen LogP contribution is 2.09. The fourth-order valence-corrected chi connectivity index (χ4v) is 1.82. The van der Waals surface area contributed by atoms with Crippen LogP contribution in [-0.2, 0) is 6.42 Å². The van der Waals surface area contributed by atoms with Crippen molar-refractivity contribution in [3.63, 3.8) is 0 Å². The third-order valence-electron chi connectivity index (χ3n) is 2.74. The molecule has 0 unspecified atom stereocenters. The quantitative estimate of drug-likeness (QED) is 0.874. The van der Waals surface area contributed by atoms with E-state index in [9.17, 15) is 4.79 Å². The minimum atomic E-state index is 0.00662. The molecule has 0 spiro atoms. The van der Waals surface area contributed by atoms with Gasteiger partial charge in [-0.2, -0.15) is 0 Å². The zero-order chi connectivity index (χ0) is 12.3. The second-order valence-electron chi connectivity index (χ2n) is 3.99. The summed E-state index contributed by atoms with van der Waals surface area (Å²) in [6, 6.07) is 5.79. The molecule has 0 atom stereocenters. The van der Waals surface area contributed by atoms with Crippen molar-refractivity contribution >= 4 is 11.0 Å². The van der Waals surface area contributed by atoms with E-state index in [0.717, 1.165) is 30.3 Å². The first-order valence-corrected chi connectivity index (χ1v) is 6.01. The molecule has 2 aromatic heterocycles. The summed E-state index contributed by atoms with van der Waals surface area (Å²) < 4.78 is 1.57. The van der Waals surface area contributed by atoms with E-state index in [1.807, 2.05) is 25.1 Å². The largest absolute Gasteiger partial charge is 0.321 e. The van der Waals surface area contributed by atoms with Gasteiger partial charge in [0.05, 0.1) is 0 Å². The van der Waals surface area contributed by atoms with Gasteiger partial charge < -0.3 is 5.43 Å². The fourth-order valence-electron chi connectivity index (χ4n) is 1.82. The van der Waals surface area contributed by atoms with Gasteiger partial charge in [0.15, 0.2) is 5.65 Å². The smallest absolute Gasteiger partial charge is 0.273 e. The van der Waals surface area contributed by atoms with Gasteiger partial charge in [0.1, 0.15) is 0 Å². The van der Waals surface area contributed by atoms with Gasteiger partial charge in [0.25, 0.3) is 5.56 Å². The van der Waals surface area contributed by atoms with Crippen molar-refractivity contribution < 1.29 is 0 Å². The van der Waals surface area contributed by atoms with Crippen molar-refractivity contribution in [3.8, 4) is 0 Å². The van der Waals surface area contributed by atoms with Gasteiger partial charge in [0.2, 0.25) is 0 Å². The van der Waals surface area contributed by atoms with Crippen molar-refractivity contribution in [3.05, 3.63) is 40.3 Å². The molecule has 4 nitrogen and oxygen atoms in total. The van der Waals surface area contributed by atoms with Crippen molar-refractivity contribution in [1.82, 2.24) is 9.66 Å². The van der Waals surface area contributed by atoms with E-state index in [4.69, 9.17) is 0 Å². The minimum Gasteiger partial charge on any atom is -0.321 e. The molecule has 2 aromatic rings. The number of aryl methyl sites for hydroxylation is 1. The van der Waals surface area contributed by atoms with Crippen molar-refractivity contribution in [2.75, 3.05) is 12.0 Å². The highest BCUT2D eigenvalue weighted by atomic mass is 16.1. The number of nitrogens with zero attached hydrogens (tertiary/aromatic N) is 2. The number of hydrogen-bond donors (Lipinski definition) is 1. The minimum absolute atomic E-state index is 0.00662. The maximum absolute atomic E-state index is 12.2. The van der Waals surface area contributed by atoms with Crippen LogP contribution in [0.5, 0.6) is 0 Å². The maximum atomic E-state index is 12.2. The molecule has 4 heteroatoms. The van der Waals surface area contributed by atoms with Crippen LogP contribution in [0.25, 0.3) is 11.0 Å². The lowest BCUT2D eigenvalue weighted by atomic mass is 10.2. The number of hydrogen-bond acceptors (Lipinski definition) is 3. The first-order valence-electron chi connectivity index (χ1n) is 6.01. The Morgan fingerprint density at radius 2 is 2.24 bits per heavy atom. The first-order chi connectivity index (χ1) is 8.27. The van der Waals surface area contributed by atoms with Crippen molar-refractivity contribution in [2.24, 2.45) is 0 Å². The Kier molecular flexibility index (Phi) is 3.42. The molecule has 0 aliphatic rings. The Labute approximate surface area is 100 Å². The van der Waals surface area contributed by atoms with Gasteiger partial charge in [-0.25, -0.2) is 9.66 Å². The van der Waals surface area contributed by atoms with Crippen LogP contribution < -0.4 is 11.0 Å². The van der Waals surface area contributed by atoms with Crippen LogP contribution >= 0.6 is 0 Å². The predicted molar refractivity (Wildman–Crippen MR) is 69.9 cm³/mol. The third kappa shape index (κ3) is 2.16. The van der Waals surface area contributed by atoms with Crippen LogP contribution in [0.2, 0.25) is 0 Å². The molecule has 17 heavy (non-hydrogen) atoms. The van der Waals surface area contributed by atoms with Gasteiger partial charge in [-0.1, -0.05) is 13.8 Å². The normalized spacial score (nSPS) is 10.7. The van der Waals surface area contributed by atoms with Crippen LogP contribution in [0.1, 0.15) is 25.8 Å². The average molecular weight is 231 g/mol. The molecule has 0 aromatic carbocycles. The summed E-state index contributed by atoms with van der Waals surface area (Å²) in [4.78, 5) is 16.5. The molecule has 0 bridgehead atoms. The molecule has 0 aliphatic heterocycles. The Bertz CT molecular complexity index is 574. The zero-order valence-corrected chi connectivity index (χ0v) is 10.2. The molecule has 0 radical (unpaired) electrons. The Morgan fingerprint density at radius 3 is 2.94 bits per heavy atom. The van der Waals surface area contributed by atoms with E-state index < -0.39 is 0 Å². The molecule has 0 fully saturated rings. The summed E-state index contributed by atoms with van der Waals surface area (Å²) in [5.74, 6) is 0. The lowest BCUT2D eigenvalue weighted by Crippen LogP contribution is -2.32. The van der Waals surface area contributed by atoms with Gasteiger partial charge in [-0.15, -0.1) is 0 Å². The lowest BCUT2D eigenvalue weighted by Gasteiger charge is -2.12. The molecule has 0 amide bonds. The van der Waals surface area contributed by atoms with E-state index in [2.05, 4.69) is 17.3 Å². The monoisotopic (exact) mass is 231 g/mol. The third-order valence-corrected chi connectivity index (χ3v) is 2.74. The summed E-state index contributed by atoms with van der Waals surface area (Å²) >= 11 is 0. The molecule has 0 aliphatic carbocycles. The summed E-state index contributed by atoms with van der Waals surface area (Å²) in [6.07, 6.45) is 3.41. The molecule has 1 N–H and O–H groups in total. The van der Waals surface area contributed by atoms with Gasteiger partial charge >= 0.3 is 0 Å². The molecule has 0 saturated carbocycles.